The fraction of sp³-hybridized carbons (Fsp3) is 0.667. The molecule has 0 aromatic carbocycles. The second-order valence-corrected chi connectivity index (χ2v) is 2.50. The quantitative estimate of drug-likeness (QED) is 0.371. The van der Waals surface area contributed by atoms with Gasteiger partial charge in [-0.25, -0.2) is 4.79 Å². The Bertz CT molecular complexity index is 166. The number of nitrogens with zero attached hydrogens (tertiary/aromatic N) is 1. The molecule has 0 aliphatic carbocycles. The number of esters is 1. The average Bonchev–Trinajstić information content (AvgIpc) is 2.17. The van der Waals surface area contributed by atoms with Gasteiger partial charge in [-0.2, -0.15) is 0 Å². The van der Waals surface area contributed by atoms with Crippen LogP contribution in [0.1, 0.15) is 13.8 Å². The summed E-state index contributed by atoms with van der Waals surface area (Å²) in [6, 6.07) is 0. The molecule has 1 N–H and O–H groups in total. The number of carbonyl (C=O) groups excluding carboxylic acids is 1. The van der Waals surface area contributed by atoms with Gasteiger partial charge in [0.05, 0.1) is 6.61 Å². The van der Waals surface area contributed by atoms with Crippen molar-refractivity contribution in [3.63, 3.8) is 0 Å². The van der Waals surface area contributed by atoms with E-state index < -0.39 is 12.2 Å². The summed E-state index contributed by atoms with van der Waals surface area (Å²) in [5.41, 5.74) is 0. The Morgan fingerprint density at radius 1 is 1.62 bits per heavy atom. The fourth-order valence-electron chi connectivity index (χ4n) is 1.04. The molecule has 0 aromatic rings. The van der Waals surface area contributed by atoms with Gasteiger partial charge in [0.15, 0.2) is 6.23 Å². The number of carbonyl (C=O) groups is 1. The highest BCUT2D eigenvalue weighted by molar-refractivity contribution is 5.81. The monoisotopic (exact) mass is 187 g/mol. The molecule has 0 bridgehead atoms. The van der Waals surface area contributed by atoms with Gasteiger partial charge in [-0.05, 0) is 13.1 Å². The zero-order valence-electron chi connectivity index (χ0n) is 8.19. The maximum Gasteiger partial charge on any atom is 0.331 e. The lowest BCUT2D eigenvalue weighted by Crippen LogP contribution is -2.40. The van der Waals surface area contributed by atoms with E-state index in [2.05, 4.69) is 6.58 Å². The summed E-state index contributed by atoms with van der Waals surface area (Å²) in [6.07, 6.45) is 0.534. The second kappa shape index (κ2) is 6.62. The van der Waals surface area contributed by atoms with Crippen LogP contribution in [0.15, 0.2) is 12.7 Å². The van der Waals surface area contributed by atoms with Crippen LogP contribution in [0.25, 0.3) is 0 Å². The third-order valence-electron chi connectivity index (χ3n) is 1.79. The highest BCUT2D eigenvalue weighted by Gasteiger charge is 2.17. The molecule has 0 heterocycles. The molecule has 0 rings (SSSR count). The third-order valence-corrected chi connectivity index (χ3v) is 1.79. The minimum atomic E-state index is -0.555. The number of likely N-dealkylation sites (N-methyl/N-ethyl adjacent to an activating group) is 1. The molecule has 0 aliphatic rings. The molecule has 1 atom stereocenters. The van der Waals surface area contributed by atoms with Crippen molar-refractivity contribution >= 4 is 5.97 Å². The van der Waals surface area contributed by atoms with Crippen LogP contribution in [0, 0.1) is 0 Å². The van der Waals surface area contributed by atoms with E-state index in [1.807, 2.05) is 18.7 Å². The molecule has 0 aromatic heterocycles. The van der Waals surface area contributed by atoms with Gasteiger partial charge < -0.3 is 9.84 Å². The standard InChI is InChI=1S/C9H17NO3/c1-4-9(12)13-8(7-11)10(5-2)6-3/h4,8,11H,1,5-7H2,2-3H3. The van der Waals surface area contributed by atoms with Crippen LogP contribution in [-0.4, -0.2) is 41.9 Å². The number of ether oxygens (including phenoxy) is 1. The van der Waals surface area contributed by atoms with Crippen molar-refractivity contribution in [3.05, 3.63) is 12.7 Å². The van der Waals surface area contributed by atoms with Crippen LogP contribution < -0.4 is 0 Å². The van der Waals surface area contributed by atoms with Crippen molar-refractivity contribution in [2.24, 2.45) is 0 Å². The van der Waals surface area contributed by atoms with E-state index in [0.29, 0.717) is 0 Å². The molecule has 1 unspecified atom stereocenters. The van der Waals surface area contributed by atoms with E-state index in [9.17, 15) is 4.79 Å². The molecule has 13 heavy (non-hydrogen) atoms. The van der Waals surface area contributed by atoms with Crippen LogP contribution in [0.5, 0.6) is 0 Å². The average molecular weight is 187 g/mol. The Balaban J connectivity index is 4.14. The van der Waals surface area contributed by atoms with Gasteiger partial charge in [0.25, 0.3) is 0 Å². The Labute approximate surface area is 78.8 Å². The van der Waals surface area contributed by atoms with E-state index in [0.717, 1.165) is 19.2 Å². The number of aliphatic hydroxyl groups is 1. The third kappa shape index (κ3) is 4.05. The summed E-state index contributed by atoms with van der Waals surface area (Å²) in [5, 5.41) is 8.95. The minimum absolute atomic E-state index is 0.193. The predicted molar refractivity (Wildman–Crippen MR) is 50.1 cm³/mol. The first-order chi connectivity index (χ1) is 6.19. The molecule has 76 valence electrons. The van der Waals surface area contributed by atoms with Crippen molar-refractivity contribution in [2.75, 3.05) is 19.7 Å². The molecule has 0 fully saturated rings. The van der Waals surface area contributed by atoms with Crippen LogP contribution in [0.4, 0.5) is 0 Å². The summed E-state index contributed by atoms with van der Waals surface area (Å²) in [6.45, 7) is 8.42. The van der Waals surface area contributed by atoms with Gasteiger partial charge in [-0.3, -0.25) is 4.90 Å². The van der Waals surface area contributed by atoms with Gasteiger partial charge in [0.1, 0.15) is 0 Å². The number of rotatable bonds is 6. The highest BCUT2D eigenvalue weighted by Crippen LogP contribution is 2.00. The first kappa shape index (κ1) is 12.1. The number of hydrogen-bond acceptors (Lipinski definition) is 4. The zero-order chi connectivity index (χ0) is 10.3. The lowest BCUT2D eigenvalue weighted by atomic mass is 10.4. The molecular weight excluding hydrogens is 170 g/mol. The second-order valence-electron chi connectivity index (χ2n) is 2.50. The lowest BCUT2D eigenvalue weighted by molar-refractivity contribution is -0.156. The Morgan fingerprint density at radius 2 is 2.15 bits per heavy atom. The molecule has 0 aliphatic heterocycles. The smallest absolute Gasteiger partial charge is 0.331 e. The lowest BCUT2D eigenvalue weighted by Gasteiger charge is -2.26. The van der Waals surface area contributed by atoms with Gasteiger partial charge in [-0.1, -0.05) is 20.4 Å². The Kier molecular flexibility index (Phi) is 6.18. The van der Waals surface area contributed by atoms with Crippen LogP contribution in [0.3, 0.4) is 0 Å². The van der Waals surface area contributed by atoms with E-state index in [1.54, 1.807) is 0 Å². The van der Waals surface area contributed by atoms with Crippen molar-refractivity contribution in [3.8, 4) is 0 Å². The van der Waals surface area contributed by atoms with E-state index >= 15 is 0 Å². The van der Waals surface area contributed by atoms with Crippen molar-refractivity contribution in [1.29, 1.82) is 0 Å². The van der Waals surface area contributed by atoms with Crippen molar-refractivity contribution < 1.29 is 14.6 Å². The first-order valence-electron chi connectivity index (χ1n) is 4.37. The van der Waals surface area contributed by atoms with Crippen LogP contribution >= 0.6 is 0 Å². The molecular formula is C9H17NO3. The van der Waals surface area contributed by atoms with Gasteiger partial charge >= 0.3 is 5.97 Å². The summed E-state index contributed by atoms with van der Waals surface area (Å²) >= 11 is 0. The minimum Gasteiger partial charge on any atom is -0.441 e. The van der Waals surface area contributed by atoms with Gasteiger partial charge in [0.2, 0.25) is 0 Å². The molecule has 4 nitrogen and oxygen atoms in total. The zero-order valence-corrected chi connectivity index (χ0v) is 8.19. The largest absolute Gasteiger partial charge is 0.441 e. The topological polar surface area (TPSA) is 49.8 Å². The summed E-state index contributed by atoms with van der Waals surface area (Å²) < 4.78 is 4.91. The molecule has 4 heteroatoms. The van der Waals surface area contributed by atoms with Gasteiger partial charge in [-0.15, -0.1) is 0 Å². The maximum absolute atomic E-state index is 10.8. The Hall–Kier alpha value is -0.870. The predicted octanol–water partition coefficient (Wildman–Crippen LogP) is 0.376. The van der Waals surface area contributed by atoms with E-state index in [-0.39, 0.29) is 6.61 Å². The van der Waals surface area contributed by atoms with Crippen molar-refractivity contribution in [2.45, 2.75) is 20.1 Å². The molecule has 0 saturated heterocycles. The van der Waals surface area contributed by atoms with Crippen LogP contribution in [0.2, 0.25) is 0 Å². The fourth-order valence-corrected chi connectivity index (χ4v) is 1.04. The number of hydrogen-bond donors (Lipinski definition) is 1. The normalized spacial score (nSPS) is 12.6. The molecule has 0 saturated carbocycles. The van der Waals surface area contributed by atoms with E-state index in [4.69, 9.17) is 9.84 Å². The SMILES string of the molecule is C=CC(=O)OC(CO)N(CC)CC. The molecule has 0 radical (unpaired) electrons. The van der Waals surface area contributed by atoms with Crippen molar-refractivity contribution in [1.82, 2.24) is 4.90 Å². The molecule has 0 amide bonds. The summed E-state index contributed by atoms with van der Waals surface area (Å²) in [5.74, 6) is -0.508. The van der Waals surface area contributed by atoms with Crippen LogP contribution in [-0.2, 0) is 9.53 Å². The number of aliphatic hydroxyl groups excluding tert-OH is 1. The summed E-state index contributed by atoms with van der Waals surface area (Å²) in [4.78, 5) is 12.7. The highest BCUT2D eigenvalue weighted by atomic mass is 16.6. The Morgan fingerprint density at radius 3 is 2.46 bits per heavy atom. The maximum atomic E-state index is 10.8. The summed E-state index contributed by atoms with van der Waals surface area (Å²) in [7, 11) is 0. The first-order valence-corrected chi connectivity index (χ1v) is 4.37. The molecule has 0 spiro atoms. The van der Waals surface area contributed by atoms with E-state index in [1.165, 1.54) is 0 Å². The van der Waals surface area contributed by atoms with Gasteiger partial charge in [0, 0.05) is 6.08 Å².